The van der Waals surface area contributed by atoms with Crippen LogP contribution in [0.1, 0.15) is 25.7 Å². The molecule has 2 aromatic rings. The summed E-state index contributed by atoms with van der Waals surface area (Å²) in [6, 6.07) is 0.492. The summed E-state index contributed by atoms with van der Waals surface area (Å²) < 4.78 is 1.65. The highest BCUT2D eigenvalue weighted by atomic mass is 35.5. The average Bonchev–Trinajstić information content (AvgIpc) is 2.87. The van der Waals surface area contributed by atoms with E-state index < -0.39 is 0 Å². The molecule has 1 N–H and O–H groups in total. The molecular weight excluding hydrogens is 226 g/mol. The maximum Gasteiger partial charge on any atom is 0.243 e. The number of aromatic nitrogens is 4. The second kappa shape index (κ2) is 3.90. The fourth-order valence-electron chi connectivity index (χ4n) is 2.16. The van der Waals surface area contributed by atoms with Crippen molar-refractivity contribution >= 4 is 23.1 Å². The van der Waals surface area contributed by atoms with Crippen molar-refractivity contribution < 1.29 is 0 Å². The van der Waals surface area contributed by atoms with Gasteiger partial charge in [0, 0.05) is 18.4 Å². The minimum absolute atomic E-state index is 0.242. The Labute approximate surface area is 97.8 Å². The number of anilines is 1. The van der Waals surface area contributed by atoms with Gasteiger partial charge in [0.1, 0.15) is 0 Å². The topological polar surface area (TPSA) is 55.1 Å². The lowest BCUT2D eigenvalue weighted by atomic mass is 10.2. The summed E-state index contributed by atoms with van der Waals surface area (Å²) >= 11 is 5.86. The summed E-state index contributed by atoms with van der Waals surface area (Å²) in [6.07, 6.45) is 8.40. The van der Waals surface area contributed by atoms with Crippen LogP contribution in [0.15, 0.2) is 12.4 Å². The summed E-state index contributed by atoms with van der Waals surface area (Å²) in [6.45, 7) is 0. The Bertz CT molecular complexity index is 503. The number of fused-ring (bicyclic) bond motifs is 1. The van der Waals surface area contributed by atoms with Gasteiger partial charge in [0.2, 0.25) is 5.28 Å². The first-order valence-corrected chi connectivity index (χ1v) is 5.84. The molecule has 2 heterocycles. The average molecular weight is 238 g/mol. The van der Waals surface area contributed by atoms with Gasteiger partial charge in [0.25, 0.3) is 0 Å². The number of nitrogens with zero attached hydrogens (tertiary/aromatic N) is 4. The molecule has 1 saturated carbocycles. The molecule has 0 atom stereocenters. The van der Waals surface area contributed by atoms with E-state index in [2.05, 4.69) is 20.4 Å². The Hall–Kier alpha value is -1.36. The molecule has 0 bridgehead atoms. The van der Waals surface area contributed by atoms with Crippen molar-refractivity contribution in [1.29, 1.82) is 0 Å². The fourth-order valence-corrected chi connectivity index (χ4v) is 2.33. The van der Waals surface area contributed by atoms with E-state index in [1.54, 1.807) is 16.9 Å². The maximum absolute atomic E-state index is 5.86. The van der Waals surface area contributed by atoms with Crippen molar-refractivity contribution in [2.75, 3.05) is 5.32 Å². The number of hydrogen-bond donors (Lipinski definition) is 1. The first-order valence-electron chi connectivity index (χ1n) is 5.46. The Kier molecular flexibility index (Phi) is 2.40. The van der Waals surface area contributed by atoms with Crippen LogP contribution in [0, 0.1) is 0 Å². The lowest BCUT2D eigenvalue weighted by molar-refractivity contribution is 0.746. The van der Waals surface area contributed by atoms with Gasteiger partial charge in [-0.25, -0.2) is 9.50 Å². The highest BCUT2D eigenvalue weighted by Crippen LogP contribution is 2.23. The number of rotatable bonds is 2. The molecule has 0 saturated heterocycles. The Morgan fingerprint density at radius 2 is 2.19 bits per heavy atom. The highest BCUT2D eigenvalue weighted by molar-refractivity contribution is 6.28. The van der Waals surface area contributed by atoms with Crippen LogP contribution in [-0.4, -0.2) is 25.6 Å². The van der Waals surface area contributed by atoms with Crippen molar-refractivity contribution in [3.8, 4) is 0 Å². The first kappa shape index (κ1) is 9.84. The van der Waals surface area contributed by atoms with Gasteiger partial charge >= 0.3 is 0 Å². The molecule has 0 unspecified atom stereocenters. The van der Waals surface area contributed by atoms with Crippen LogP contribution in [0.4, 0.5) is 5.82 Å². The molecule has 0 aromatic carbocycles. The van der Waals surface area contributed by atoms with Gasteiger partial charge in [-0.15, -0.1) is 5.10 Å². The standard InChI is InChI=1S/C10H12ClN5/c11-10-14-8(13-7-3-1-2-4-7)9-12-5-6-16(9)15-10/h5-7H,1-4H2,(H,13,14,15). The van der Waals surface area contributed by atoms with Crippen LogP contribution in [0.5, 0.6) is 0 Å². The molecule has 2 aromatic heterocycles. The summed E-state index contributed by atoms with van der Waals surface area (Å²) in [4.78, 5) is 8.42. The van der Waals surface area contributed by atoms with Crippen molar-refractivity contribution in [3.63, 3.8) is 0 Å². The van der Waals surface area contributed by atoms with Crippen LogP contribution in [-0.2, 0) is 0 Å². The van der Waals surface area contributed by atoms with Gasteiger partial charge in [-0.1, -0.05) is 12.8 Å². The van der Waals surface area contributed by atoms with Crippen LogP contribution in [0.3, 0.4) is 0 Å². The normalized spacial score (nSPS) is 17.1. The zero-order valence-corrected chi connectivity index (χ0v) is 9.48. The van der Waals surface area contributed by atoms with E-state index in [-0.39, 0.29) is 5.28 Å². The summed E-state index contributed by atoms with van der Waals surface area (Å²) in [7, 11) is 0. The van der Waals surface area contributed by atoms with E-state index in [9.17, 15) is 0 Å². The molecule has 6 heteroatoms. The van der Waals surface area contributed by atoms with Crippen molar-refractivity contribution in [2.24, 2.45) is 0 Å². The lowest BCUT2D eigenvalue weighted by Crippen LogP contribution is -2.17. The summed E-state index contributed by atoms with van der Waals surface area (Å²) in [5.41, 5.74) is 0.733. The molecule has 1 fully saturated rings. The molecule has 0 spiro atoms. The number of halogens is 1. The lowest BCUT2D eigenvalue weighted by Gasteiger charge is -2.12. The van der Waals surface area contributed by atoms with Gasteiger partial charge < -0.3 is 5.32 Å². The number of imidazole rings is 1. The smallest absolute Gasteiger partial charge is 0.243 e. The summed E-state index contributed by atoms with van der Waals surface area (Å²) in [5.74, 6) is 0.733. The van der Waals surface area contributed by atoms with Gasteiger partial charge in [0.15, 0.2) is 11.5 Å². The van der Waals surface area contributed by atoms with E-state index in [1.165, 1.54) is 25.7 Å². The monoisotopic (exact) mass is 237 g/mol. The summed E-state index contributed by atoms with van der Waals surface area (Å²) in [5, 5.41) is 7.67. The van der Waals surface area contributed by atoms with E-state index in [1.807, 2.05) is 0 Å². The third kappa shape index (κ3) is 1.71. The van der Waals surface area contributed by atoms with Crippen LogP contribution >= 0.6 is 11.6 Å². The second-order valence-corrected chi connectivity index (χ2v) is 4.39. The highest BCUT2D eigenvalue weighted by Gasteiger charge is 2.17. The molecule has 1 aliphatic carbocycles. The predicted molar refractivity (Wildman–Crippen MR) is 61.7 cm³/mol. The third-order valence-electron chi connectivity index (χ3n) is 2.92. The van der Waals surface area contributed by atoms with Gasteiger partial charge in [-0.2, -0.15) is 4.98 Å². The number of hydrogen-bond acceptors (Lipinski definition) is 4. The third-order valence-corrected chi connectivity index (χ3v) is 3.08. The van der Waals surface area contributed by atoms with Crippen molar-refractivity contribution in [2.45, 2.75) is 31.7 Å². The molecule has 0 radical (unpaired) electrons. The first-order chi connectivity index (χ1) is 7.83. The van der Waals surface area contributed by atoms with E-state index in [0.29, 0.717) is 6.04 Å². The zero-order chi connectivity index (χ0) is 11.0. The minimum atomic E-state index is 0.242. The van der Waals surface area contributed by atoms with E-state index in [0.717, 1.165) is 11.5 Å². The van der Waals surface area contributed by atoms with E-state index in [4.69, 9.17) is 11.6 Å². The SMILES string of the molecule is Clc1nc(NC2CCCC2)c2nccn2n1. The van der Waals surface area contributed by atoms with Crippen molar-refractivity contribution in [1.82, 2.24) is 19.6 Å². The van der Waals surface area contributed by atoms with E-state index >= 15 is 0 Å². The molecule has 5 nitrogen and oxygen atoms in total. The molecule has 84 valence electrons. The molecule has 0 amide bonds. The van der Waals surface area contributed by atoms with Crippen LogP contribution < -0.4 is 5.32 Å². The van der Waals surface area contributed by atoms with Gasteiger partial charge in [-0.05, 0) is 24.4 Å². The Morgan fingerprint density at radius 3 is 3.00 bits per heavy atom. The van der Waals surface area contributed by atoms with Crippen LogP contribution in [0.25, 0.3) is 5.65 Å². The second-order valence-electron chi connectivity index (χ2n) is 4.05. The van der Waals surface area contributed by atoms with Gasteiger partial charge in [-0.3, -0.25) is 0 Å². The molecule has 0 aliphatic heterocycles. The molecule has 3 rings (SSSR count). The van der Waals surface area contributed by atoms with Crippen LogP contribution in [0.2, 0.25) is 5.28 Å². The predicted octanol–water partition coefficient (Wildman–Crippen LogP) is 2.13. The minimum Gasteiger partial charge on any atom is -0.364 e. The zero-order valence-electron chi connectivity index (χ0n) is 8.73. The van der Waals surface area contributed by atoms with Crippen molar-refractivity contribution in [3.05, 3.63) is 17.7 Å². The quantitative estimate of drug-likeness (QED) is 0.870. The Morgan fingerprint density at radius 1 is 1.38 bits per heavy atom. The fraction of sp³-hybridized carbons (Fsp3) is 0.500. The maximum atomic E-state index is 5.86. The molecule has 16 heavy (non-hydrogen) atoms. The molecular formula is C10H12ClN5. The largest absolute Gasteiger partial charge is 0.364 e. The molecule has 1 aliphatic rings. The Balaban J connectivity index is 1.97. The number of nitrogens with one attached hydrogen (secondary N) is 1. The van der Waals surface area contributed by atoms with Gasteiger partial charge in [0.05, 0.1) is 0 Å².